The molecule has 0 aromatic carbocycles. The van der Waals surface area contributed by atoms with Crippen LogP contribution in [0.2, 0.25) is 0 Å². The molecule has 0 fully saturated rings. The second-order valence-electron chi connectivity index (χ2n) is 12.7. The van der Waals surface area contributed by atoms with Gasteiger partial charge in [-0.1, -0.05) is 102 Å². The summed E-state index contributed by atoms with van der Waals surface area (Å²) in [5.74, 6) is -1.78. The Bertz CT molecular complexity index is 788. The number of likely N-dealkylation sites (N-methyl/N-ethyl adjacent to an activating group) is 1. The molecule has 8 nitrogen and oxygen atoms in total. The second-order valence-corrected chi connectivity index (χ2v) is 12.7. The lowest BCUT2D eigenvalue weighted by Gasteiger charge is -2.34. The molecule has 0 saturated carbocycles. The first-order chi connectivity index (χ1) is 21.1. The van der Waals surface area contributed by atoms with Gasteiger partial charge in [0.15, 0.2) is 6.10 Å². The topological polar surface area (TPSA) is 102 Å². The molecular formula is C36H65NO7. The minimum absolute atomic E-state index is 0.0332. The van der Waals surface area contributed by atoms with Gasteiger partial charge in [-0.3, -0.25) is 9.59 Å². The van der Waals surface area contributed by atoms with Gasteiger partial charge in [-0.25, -0.2) is 0 Å². The minimum Gasteiger partial charge on any atom is -0.544 e. The summed E-state index contributed by atoms with van der Waals surface area (Å²) in [5.41, 5.74) is 0. The summed E-state index contributed by atoms with van der Waals surface area (Å²) in [4.78, 5) is 36.4. The molecule has 2 unspecified atom stereocenters. The van der Waals surface area contributed by atoms with E-state index in [4.69, 9.17) is 14.2 Å². The summed E-state index contributed by atoms with van der Waals surface area (Å²) >= 11 is 0. The highest BCUT2D eigenvalue weighted by Gasteiger charge is 2.25. The molecule has 0 aliphatic rings. The van der Waals surface area contributed by atoms with Crippen molar-refractivity contribution in [3.8, 4) is 0 Å². The SMILES string of the molecule is CC/C=C/C/C=C/CCCCC(=O)OCC(COCCC(C(=O)[O-])[N+](C)(C)C)OC(=O)CCCCCCCCCCCCC. The molecule has 0 bridgehead atoms. The normalized spacial score (nSPS) is 13.4. The number of esters is 2. The summed E-state index contributed by atoms with van der Waals surface area (Å²) in [6, 6.07) is -0.725. The van der Waals surface area contributed by atoms with Crippen molar-refractivity contribution in [3.63, 3.8) is 0 Å². The number of hydrogen-bond acceptors (Lipinski definition) is 7. The highest BCUT2D eigenvalue weighted by atomic mass is 16.6. The first kappa shape index (κ1) is 41.8. The molecule has 256 valence electrons. The highest BCUT2D eigenvalue weighted by Crippen LogP contribution is 2.13. The van der Waals surface area contributed by atoms with Crippen LogP contribution >= 0.6 is 0 Å². The van der Waals surface area contributed by atoms with Crippen LogP contribution in [0.4, 0.5) is 0 Å². The third-order valence-corrected chi connectivity index (χ3v) is 7.60. The molecule has 0 amide bonds. The van der Waals surface area contributed by atoms with Crippen LogP contribution < -0.4 is 5.11 Å². The van der Waals surface area contributed by atoms with E-state index in [9.17, 15) is 19.5 Å². The molecule has 0 aliphatic heterocycles. The highest BCUT2D eigenvalue weighted by molar-refractivity contribution is 5.70. The largest absolute Gasteiger partial charge is 0.544 e. The van der Waals surface area contributed by atoms with Crippen LogP contribution in [0, 0.1) is 0 Å². The summed E-state index contributed by atoms with van der Waals surface area (Å²) in [6.45, 7) is 4.47. The van der Waals surface area contributed by atoms with Crippen molar-refractivity contribution in [3.05, 3.63) is 24.3 Å². The lowest BCUT2D eigenvalue weighted by atomic mass is 10.1. The molecule has 0 saturated heterocycles. The van der Waals surface area contributed by atoms with Gasteiger partial charge in [-0.05, 0) is 38.5 Å². The van der Waals surface area contributed by atoms with E-state index >= 15 is 0 Å². The van der Waals surface area contributed by atoms with Gasteiger partial charge in [-0.2, -0.15) is 0 Å². The zero-order chi connectivity index (χ0) is 32.9. The quantitative estimate of drug-likeness (QED) is 0.0373. The Morgan fingerprint density at radius 1 is 0.705 bits per heavy atom. The fraction of sp³-hybridized carbons (Fsp3) is 0.806. The van der Waals surface area contributed by atoms with Crippen LogP contribution in [0.1, 0.15) is 136 Å². The number of carbonyl (C=O) groups excluding carboxylic acids is 3. The van der Waals surface area contributed by atoms with Crippen molar-refractivity contribution in [2.24, 2.45) is 0 Å². The number of aliphatic carboxylic acids is 1. The number of hydrogen-bond donors (Lipinski definition) is 0. The van der Waals surface area contributed by atoms with Crippen LogP contribution in [-0.2, 0) is 28.6 Å². The van der Waals surface area contributed by atoms with Crippen molar-refractivity contribution in [1.82, 2.24) is 0 Å². The van der Waals surface area contributed by atoms with Crippen LogP contribution in [0.25, 0.3) is 0 Å². The van der Waals surface area contributed by atoms with Gasteiger partial charge in [0.25, 0.3) is 0 Å². The van der Waals surface area contributed by atoms with Gasteiger partial charge in [0.2, 0.25) is 0 Å². The van der Waals surface area contributed by atoms with Gasteiger partial charge < -0.3 is 28.6 Å². The zero-order valence-corrected chi connectivity index (χ0v) is 28.8. The van der Waals surface area contributed by atoms with E-state index in [0.29, 0.717) is 12.8 Å². The lowest BCUT2D eigenvalue weighted by Crippen LogP contribution is -2.55. The summed E-state index contributed by atoms with van der Waals surface area (Å²) in [6.07, 6.45) is 26.4. The van der Waals surface area contributed by atoms with Crippen LogP contribution in [0.15, 0.2) is 24.3 Å². The maximum atomic E-state index is 12.6. The molecule has 8 heteroatoms. The molecular weight excluding hydrogens is 558 g/mol. The van der Waals surface area contributed by atoms with E-state index in [0.717, 1.165) is 51.4 Å². The van der Waals surface area contributed by atoms with Crippen LogP contribution in [-0.4, -0.2) is 75.5 Å². The van der Waals surface area contributed by atoms with E-state index in [-0.39, 0.29) is 42.7 Å². The Morgan fingerprint density at radius 2 is 1.27 bits per heavy atom. The predicted molar refractivity (Wildman–Crippen MR) is 176 cm³/mol. The van der Waals surface area contributed by atoms with Gasteiger partial charge in [0.05, 0.1) is 40.3 Å². The Hall–Kier alpha value is -2.19. The molecule has 0 aromatic heterocycles. The van der Waals surface area contributed by atoms with Crippen molar-refractivity contribution >= 4 is 17.9 Å². The summed E-state index contributed by atoms with van der Waals surface area (Å²) < 4.78 is 17.0. The van der Waals surface area contributed by atoms with Crippen molar-refractivity contribution in [1.29, 1.82) is 0 Å². The monoisotopic (exact) mass is 623 g/mol. The maximum absolute atomic E-state index is 12.6. The predicted octanol–water partition coefficient (Wildman–Crippen LogP) is 6.85. The Balaban J connectivity index is 4.51. The van der Waals surface area contributed by atoms with E-state index in [1.54, 1.807) is 21.1 Å². The Labute approximate surface area is 269 Å². The zero-order valence-electron chi connectivity index (χ0n) is 28.8. The second kappa shape index (κ2) is 28.3. The average molecular weight is 624 g/mol. The number of carboxylic acid groups (broad SMARTS) is 1. The molecule has 0 aliphatic carbocycles. The fourth-order valence-electron chi connectivity index (χ4n) is 4.87. The van der Waals surface area contributed by atoms with Crippen molar-refractivity contribution in [2.75, 3.05) is 41.0 Å². The first-order valence-electron chi connectivity index (χ1n) is 17.4. The van der Waals surface area contributed by atoms with E-state index < -0.39 is 18.1 Å². The molecule has 0 radical (unpaired) electrons. The van der Waals surface area contributed by atoms with E-state index in [2.05, 4.69) is 38.2 Å². The Morgan fingerprint density at radius 3 is 1.86 bits per heavy atom. The molecule has 2 atom stereocenters. The molecule has 0 N–H and O–H groups in total. The van der Waals surface area contributed by atoms with Crippen molar-refractivity contribution in [2.45, 2.75) is 148 Å². The number of nitrogens with zero attached hydrogens (tertiary/aromatic N) is 1. The number of quaternary nitrogens is 1. The minimum atomic E-state index is -1.13. The molecule has 0 rings (SSSR count). The molecule has 0 heterocycles. The summed E-state index contributed by atoms with van der Waals surface area (Å²) in [5, 5.41) is 11.5. The maximum Gasteiger partial charge on any atom is 0.306 e. The molecule has 0 aromatic rings. The first-order valence-corrected chi connectivity index (χ1v) is 17.4. The van der Waals surface area contributed by atoms with Crippen molar-refractivity contribution < 1.29 is 38.2 Å². The lowest BCUT2D eigenvalue weighted by molar-refractivity contribution is -0.889. The van der Waals surface area contributed by atoms with Crippen LogP contribution in [0.3, 0.4) is 0 Å². The number of unbranched alkanes of at least 4 members (excludes halogenated alkanes) is 12. The number of rotatable bonds is 30. The third kappa shape index (κ3) is 26.2. The van der Waals surface area contributed by atoms with Gasteiger partial charge in [-0.15, -0.1) is 0 Å². The standard InChI is InChI=1S/C36H65NO7/c1-6-8-10-12-14-16-17-19-21-23-25-27-35(39)44-32(30-42-29-28-33(36(40)41)37(3,4)5)31-43-34(38)26-24-22-20-18-15-13-11-9-7-2/h9,11,15,18,32-33H,6-8,10,12-14,16-17,19-31H2,1-5H3/b11-9+,18-15+. The number of carbonyl (C=O) groups is 3. The summed E-state index contributed by atoms with van der Waals surface area (Å²) in [7, 11) is 5.38. The van der Waals surface area contributed by atoms with Gasteiger partial charge in [0.1, 0.15) is 12.6 Å². The number of allylic oxidation sites excluding steroid dienone is 4. The van der Waals surface area contributed by atoms with E-state index in [1.807, 2.05) is 0 Å². The van der Waals surface area contributed by atoms with E-state index in [1.165, 1.54) is 51.4 Å². The average Bonchev–Trinajstić information content (AvgIpc) is 2.96. The van der Waals surface area contributed by atoms with Gasteiger partial charge in [0, 0.05) is 19.3 Å². The number of ether oxygens (including phenoxy) is 3. The third-order valence-electron chi connectivity index (χ3n) is 7.60. The molecule has 44 heavy (non-hydrogen) atoms. The van der Waals surface area contributed by atoms with Gasteiger partial charge >= 0.3 is 11.9 Å². The van der Waals surface area contributed by atoms with Crippen LogP contribution in [0.5, 0.6) is 0 Å². The molecule has 0 spiro atoms. The number of carboxylic acids is 1. The fourth-order valence-corrected chi connectivity index (χ4v) is 4.87. The smallest absolute Gasteiger partial charge is 0.306 e. The Kier molecular flexibility index (Phi) is 26.9.